The lowest BCUT2D eigenvalue weighted by Gasteiger charge is -2.32. The van der Waals surface area contributed by atoms with Crippen molar-refractivity contribution in [2.45, 2.75) is 0 Å². The highest BCUT2D eigenvalue weighted by Crippen LogP contribution is 2.13. The van der Waals surface area contributed by atoms with Gasteiger partial charge in [0.2, 0.25) is 0 Å². The molecule has 1 aliphatic rings. The first-order valence-corrected chi connectivity index (χ1v) is 6.53. The standard InChI is InChI=1S/C13H18BrN2/c1-15-7-9-16(10-8-15)6-5-12-3-2-4-13(14)11-12/h2-5,11H,6-10H2,1H3. The number of piperazine rings is 1. The zero-order valence-electron chi connectivity index (χ0n) is 9.69. The summed E-state index contributed by atoms with van der Waals surface area (Å²) in [4.78, 5) is 4.89. The third kappa shape index (κ3) is 3.58. The van der Waals surface area contributed by atoms with Gasteiger partial charge in [-0.25, -0.2) is 0 Å². The largest absolute Gasteiger partial charge is 0.304 e. The van der Waals surface area contributed by atoms with Crippen LogP contribution >= 0.6 is 15.9 Å². The van der Waals surface area contributed by atoms with Crippen LogP contribution in [0.1, 0.15) is 5.56 Å². The van der Waals surface area contributed by atoms with Crippen LogP contribution in [0.15, 0.2) is 28.7 Å². The fourth-order valence-electron chi connectivity index (χ4n) is 1.90. The fraction of sp³-hybridized carbons (Fsp3) is 0.462. The van der Waals surface area contributed by atoms with Gasteiger partial charge >= 0.3 is 0 Å². The van der Waals surface area contributed by atoms with Crippen LogP contribution in [0.25, 0.3) is 0 Å². The van der Waals surface area contributed by atoms with E-state index < -0.39 is 0 Å². The predicted molar refractivity (Wildman–Crippen MR) is 71.5 cm³/mol. The van der Waals surface area contributed by atoms with Gasteiger partial charge in [-0.05, 0) is 24.7 Å². The minimum atomic E-state index is 1.06. The molecule has 0 bridgehead atoms. The Morgan fingerprint density at radius 1 is 1.25 bits per heavy atom. The van der Waals surface area contributed by atoms with Gasteiger partial charge in [-0.2, -0.15) is 0 Å². The van der Waals surface area contributed by atoms with Crippen molar-refractivity contribution in [2.75, 3.05) is 39.8 Å². The maximum absolute atomic E-state index is 3.50. The SMILES string of the molecule is CN1CCN(C[CH]c2cccc(Br)c2)CC1. The molecule has 2 rings (SSSR count). The molecule has 1 aromatic rings. The highest BCUT2D eigenvalue weighted by Gasteiger charge is 2.13. The van der Waals surface area contributed by atoms with Gasteiger partial charge in [-0.15, -0.1) is 0 Å². The van der Waals surface area contributed by atoms with Gasteiger partial charge in [0, 0.05) is 43.6 Å². The maximum Gasteiger partial charge on any atom is 0.0178 e. The molecule has 1 saturated heterocycles. The second-order valence-corrected chi connectivity index (χ2v) is 5.28. The molecule has 1 fully saturated rings. The van der Waals surface area contributed by atoms with Crippen LogP contribution in [0.2, 0.25) is 0 Å². The van der Waals surface area contributed by atoms with Crippen LogP contribution in [-0.2, 0) is 0 Å². The maximum atomic E-state index is 3.50. The topological polar surface area (TPSA) is 6.48 Å². The molecular weight excluding hydrogens is 264 g/mol. The van der Waals surface area contributed by atoms with Gasteiger partial charge in [-0.3, -0.25) is 0 Å². The Morgan fingerprint density at radius 2 is 2.00 bits per heavy atom. The first-order chi connectivity index (χ1) is 7.74. The highest BCUT2D eigenvalue weighted by molar-refractivity contribution is 9.10. The van der Waals surface area contributed by atoms with E-state index in [1.165, 1.54) is 31.7 Å². The zero-order valence-corrected chi connectivity index (χ0v) is 11.3. The van der Waals surface area contributed by atoms with Crippen LogP contribution < -0.4 is 0 Å². The van der Waals surface area contributed by atoms with E-state index in [0.29, 0.717) is 0 Å². The number of halogens is 1. The molecule has 1 radical (unpaired) electrons. The lowest BCUT2D eigenvalue weighted by molar-refractivity contribution is 0.164. The molecule has 3 heteroatoms. The summed E-state index contributed by atoms with van der Waals surface area (Å²) in [6.45, 7) is 5.80. The summed E-state index contributed by atoms with van der Waals surface area (Å²) >= 11 is 3.50. The van der Waals surface area contributed by atoms with Crippen molar-refractivity contribution in [3.63, 3.8) is 0 Å². The van der Waals surface area contributed by atoms with E-state index in [1.807, 2.05) is 0 Å². The predicted octanol–water partition coefficient (Wildman–Crippen LogP) is 2.25. The smallest absolute Gasteiger partial charge is 0.0178 e. The van der Waals surface area contributed by atoms with Gasteiger partial charge in [0.15, 0.2) is 0 Å². The molecule has 0 spiro atoms. The van der Waals surface area contributed by atoms with E-state index in [1.54, 1.807) is 0 Å². The van der Waals surface area contributed by atoms with Gasteiger partial charge in [0.05, 0.1) is 0 Å². The molecule has 1 aliphatic heterocycles. The zero-order chi connectivity index (χ0) is 11.4. The van der Waals surface area contributed by atoms with E-state index in [-0.39, 0.29) is 0 Å². The van der Waals surface area contributed by atoms with Gasteiger partial charge < -0.3 is 9.80 Å². The third-order valence-electron chi connectivity index (χ3n) is 3.03. The second-order valence-electron chi connectivity index (χ2n) is 4.36. The molecule has 16 heavy (non-hydrogen) atoms. The molecule has 87 valence electrons. The normalized spacial score (nSPS) is 18.9. The van der Waals surface area contributed by atoms with Crippen LogP contribution in [0.4, 0.5) is 0 Å². The van der Waals surface area contributed by atoms with Crippen molar-refractivity contribution >= 4 is 15.9 Å². The molecule has 0 N–H and O–H groups in total. The Morgan fingerprint density at radius 3 is 2.69 bits per heavy atom. The lowest BCUT2D eigenvalue weighted by atomic mass is 10.1. The van der Waals surface area contributed by atoms with E-state index in [0.717, 1.165) is 11.0 Å². The molecular formula is C13H18BrN2. The number of benzene rings is 1. The van der Waals surface area contributed by atoms with Crippen molar-refractivity contribution in [3.8, 4) is 0 Å². The monoisotopic (exact) mass is 281 g/mol. The van der Waals surface area contributed by atoms with Crippen molar-refractivity contribution in [2.24, 2.45) is 0 Å². The molecule has 1 aromatic carbocycles. The summed E-state index contributed by atoms with van der Waals surface area (Å²) in [5.41, 5.74) is 1.30. The minimum Gasteiger partial charge on any atom is -0.304 e. The average molecular weight is 282 g/mol. The van der Waals surface area contributed by atoms with Crippen molar-refractivity contribution in [3.05, 3.63) is 40.7 Å². The Kier molecular flexibility index (Phi) is 4.38. The van der Waals surface area contributed by atoms with Crippen LogP contribution in [0.3, 0.4) is 0 Å². The highest BCUT2D eigenvalue weighted by atomic mass is 79.9. The molecule has 2 nitrogen and oxygen atoms in total. The van der Waals surface area contributed by atoms with Crippen molar-refractivity contribution < 1.29 is 0 Å². The van der Waals surface area contributed by atoms with Crippen LogP contribution in [0, 0.1) is 6.42 Å². The Hall–Kier alpha value is -0.380. The van der Waals surface area contributed by atoms with Crippen LogP contribution in [0.5, 0.6) is 0 Å². The number of nitrogens with zero attached hydrogens (tertiary/aromatic N) is 2. The number of rotatable bonds is 3. The quantitative estimate of drug-likeness (QED) is 0.839. The summed E-state index contributed by atoms with van der Waals surface area (Å²) in [5, 5.41) is 0. The Labute approximate surface area is 106 Å². The summed E-state index contributed by atoms with van der Waals surface area (Å²) in [7, 11) is 2.19. The molecule has 0 amide bonds. The molecule has 0 aliphatic carbocycles. The average Bonchev–Trinajstić information content (AvgIpc) is 2.28. The summed E-state index contributed by atoms with van der Waals surface area (Å²) < 4.78 is 1.15. The lowest BCUT2D eigenvalue weighted by Crippen LogP contribution is -2.44. The van der Waals surface area contributed by atoms with Crippen molar-refractivity contribution in [1.82, 2.24) is 9.80 Å². The molecule has 0 atom stereocenters. The van der Waals surface area contributed by atoms with E-state index in [4.69, 9.17) is 0 Å². The van der Waals surface area contributed by atoms with Gasteiger partial charge in [0.25, 0.3) is 0 Å². The first-order valence-electron chi connectivity index (χ1n) is 5.74. The number of likely N-dealkylation sites (N-methyl/N-ethyl adjacent to an activating group) is 1. The third-order valence-corrected chi connectivity index (χ3v) is 3.52. The van der Waals surface area contributed by atoms with Gasteiger partial charge in [-0.1, -0.05) is 28.1 Å². The molecule has 1 heterocycles. The Balaban J connectivity index is 1.79. The second kappa shape index (κ2) is 5.80. The fourth-order valence-corrected chi connectivity index (χ4v) is 2.32. The summed E-state index contributed by atoms with van der Waals surface area (Å²) in [6.07, 6.45) is 2.30. The van der Waals surface area contributed by atoms with Gasteiger partial charge in [0.1, 0.15) is 0 Å². The molecule has 0 aromatic heterocycles. The minimum absolute atomic E-state index is 1.06. The summed E-state index contributed by atoms with van der Waals surface area (Å²) in [6, 6.07) is 8.46. The number of hydrogen-bond donors (Lipinski definition) is 0. The van der Waals surface area contributed by atoms with E-state index in [2.05, 4.69) is 63.5 Å². The summed E-state index contributed by atoms with van der Waals surface area (Å²) in [5.74, 6) is 0. The number of hydrogen-bond acceptors (Lipinski definition) is 2. The molecule has 0 unspecified atom stereocenters. The van der Waals surface area contributed by atoms with Crippen LogP contribution in [-0.4, -0.2) is 49.6 Å². The first kappa shape index (κ1) is 12.1. The van der Waals surface area contributed by atoms with E-state index in [9.17, 15) is 0 Å². The van der Waals surface area contributed by atoms with E-state index >= 15 is 0 Å². The Bertz CT molecular complexity index is 332. The molecule has 0 saturated carbocycles. The van der Waals surface area contributed by atoms with Crippen molar-refractivity contribution in [1.29, 1.82) is 0 Å².